The van der Waals surface area contributed by atoms with E-state index < -0.39 is 6.04 Å². The van der Waals surface area contributed by atoms with Crippen molar-refractivity contribution < 1.29 is 19.1 Å². The summed E-state index contributed by atoms with van der Waals surface area (Å²) in [7, 11) is 1.59. The van der Waals surface area contributed by atoms with Crippen molar-refractivity contribution in [2.24, 2.45) is 11.7 Å². The number of aryl methyl sites for hydroxylation is 1. The van der Waals surface area contributed by atoms with Gasteiger partial charge in [-0.1, -0.05) is 19.9 Å². The fraction of sp³-hybridized carbons (Fsp3) is 0.529. The molecule has 2 amide bonds. The number of carbonyl (C=O) groups excluding carboxylic acids is 2. The smallest absolute Gasteiger partial charge is 0.243 e. The lowest BCUT2D eigenvalue weighted by atomic mass is 10.1. The van der Waals surface area contributed by atoms with Gasteiger partial charge in [0, 0.05) is 7.11 Å². The molecule has 0 saturated heterocycles. The van der Waals surface area contributed by atoms with Crippen molar-refractivity contribution in [1.82, 2.24) is 5.32 Å². The van der Waals surface area contributed by atoms with E-state index >= 15 is 0 Å². The topological polar surface area (TPSA) is 103 Å². The molecule has 4 N–H and O–H groups in total. The summed E-state index contributed by atoms with van der Waals surface area (Å²) in [5.41, 5.74) is 7.29. The maximum Gasteiger partial charge on any atom is 0.243 e. The summed E-state index contributed by atoms with van der Waals surface area (Å²) in [5.74, 6) is -0.128. The summed E-state index contributed by atoms with van der Waals surface area (Å²) in [6, 6.07) is 4.83. The molecule has 8 heteroatoms. The van der Waals surface area contributed by atoms with Gasteiger partial charge in [0.2, 0.25) is 11.8 Å². The summed E-state index contributed by atoms with van der Waals surface area (Å²) in [6.07, 6.45) is 0. The van der Waals surface area contributed by atoms with Gasteiger partial charge in [0.25, 0.3) is 0 Å². The Morgan fingerprint density at radius 3 is 2.52 bits per heavy atom. The highest BCUT2D eigenvalue weighted by Crippen LogP contribution is 2.25. The first-order chi connectivity index (χ1) is 11.3. The zero-order valence-electron chi connectivity index (χ0n) is 15.1. The van der Waals surface area contributed by atoms with Gasteiger partial charge in [-0.25, -0.2) is 0 Å². The number of methoxy groups -OCH3 is 1. The van der Waals surface area contributed by atoms with Crippen LogP contribution in [0.3, 0.4) is 0 Å². The molecule has 0 unspecified atom stereocenters. The Balaban J connectivity index is 0.00000576. The van der Waals surface area contributed by atoms with Crippen molar-refractivity contribution in [1.29, 1.82) is 0 Å². The molecule has 0 saturated carbocycles. The molecule has 0 spiro atoms. The number of hydrogen-bond acceptors (Lipinski definition) is 5. The number of amides is 2. The molecule has 0 heterocycles. The van der Waals surface area contributed by atoms with E-state index in [0.29, 0.717) is 24.7 Å². The highest BCUT2D eigenvalue weighted by molar-refractivity contribution is 5.96. The average Bonchev–Trinajstić information content (AvgIpc) is 2.54. The molecule has 142 valence electrons. The van der Waals surface area contributed by atoms with Gasteiger partial charge in [-0.2, -0.15) is 0 Å². The van der Waals surface area contributed by atoms with Gasteiger partial charge < -0.3 is 25.8 Å². The number of benzene rings is 1. The number of nitrogens with two attached hydrogens (primary N) is 1. The normalized spacial score (nSPS) is 11.4. The number of halogens is 1. The fourth-order valence-electron chi connectivity index (χ4n) is 1.87. The average molecular weight is 374 g/mol. The number of carbonyl (C=O) groups is 2. The Morgan fingerprint density at radius 1 is 1.24 bits per heavy atom. The third-order valence-electron chi connectivity index (χ3n) is 3.40. The van der Waals surface area contributed by atoms with Crippen molar-refractivity contribution in [2.75, 3.05) is 32.2 Å². The van der Waals surface area contributed by atoms with Crippen molar-refractivity contribution in [3.63, 3.8) is 0 Å². The van der Waals surface area contributed by atoms with Crippen LogP contribution in [0.2, 0.25) is 0 Å². The molecule has 0 aliphatic rings. The third kappa shape index (κ3) is 8.20. The minimum atomic E-state index is -0.634. The molecule has 1 rings (SSSR count). The highest BCUT2D eigenvalue weighted by Gasteiger charge is 2.18. The number of anilines is 1. The van der Waals surface area contributed by atoms with Crippen LogP contribution in [0.25, 0.3) is 0 Å². The van der Waals surface area contributed by atoms with Crippen molar-refractivity contribution in [3.8, 4) is 5.75 Å². The predicted molar refractivity (Wildman–Crippen MR) is 100 cm³/mol. The van der Waals surface area contributed by atoms with Crippen LogP contribution in [0.15, 0.2) is 18.2 Å². The van der Waals surface area contributed by atoms with E-state index in [1.54, 1.807) is 13.2 Å². The molecule has 1 aromatic rings. The second kappa shape index (κ2) is 11.7. The fourth-order valence-corrected chi connectivity index (χ4v) is 1.87. The molecule has 7 nitrogen and oxygen atoms in total. The Kier molecular flexibility index (Phi) is 10.8. The van der Waals surface area contributed by atoms with Gasteiger partial charge in [-0.15, -0.1) is 12.4 Å². The molecular weight excluding hydrogens is 346 g/mol. The van der Waals surface area contributed by atoms with Crippen LogP contribution >= 0.6 is 12.4 Å². The quantitative estimate of drug-likeness (QED) is 0.569. The van der Waals surface area contributed by atoms with Gasteiger partial charge >= 0.3 is 0 Å². The molecular formula is C17H28ClN3O4. The molecule has 0 bridgehead atoms. The minimum absolute atomic E-state index is 0. The molecule has 0 radical (unpaired) electrons. The number of ether oxygens (including phenoxy) is 2. The van der Waals surface area contributed by atoms with Crippen LogP contribution in [-0.2, 0) is 14.3 Å². The maximum atomic E-state index is 12.0. The summed E-state index contributed by atoms with van der Waals surface area (Å²) in [5, 5.41) is 5.26. The molecule has 0 aliphatic heterocycles. The first kappa shape index (κ1) is 23.2. The second-order valence-corrected chi connectivity index (χ2v) is 5.88. The van der Waals surface area contributed by atoms with E-state index in [-0.39, 0.29) is 36.7 Å². The number of nitrogens with one attached hydrogen (secondary N) is 2. The lowest BCUT2D eigenvalue weighted by Gasteiger charge is -2.16. The standard InChI is InChI=1S/C17H27N3O4.ClH/c1-11(2)16(18)17(22)19-10-15(21)20-13-6-5-12(3)9-14(13)24-8-7-23-4;/h5-6,9,11,16H,7-8,10,18H2,1-4H3,(H,19,22)(H,20,21);1H/t16-;/m0./s1. The van der Waals surface area contributed by atoms with Gasteiger partial charge in [0.05, 0.1) is 24.9 Å². The Hall–Kier alpha value is -1.83. The van der Waals surface area contributed by atoms with Crippen LogP contribution in [0, 0.1) is 12.8 Å². The lowest BCUT2D eigenvalue weighted by molar-refractivity contribution is -0.125. The van der Waals surface area contributed by atoms with Crippen molar-refractivity contribution >= 4 is 29.9 Å². The molecule has 1 aromatic carbocycles. The molecule has 0 aromatic heterocycles. The maximum absolute atomic E-state index is 12.0. The van der Waals surface area contributed by atoms with E-state index in [1.165, 1.54) is 0 Å². The Morgan fingerprint density at radius 2 is 1.92 bits per heavy atom. The summed E-state index contributed by atoms with van der Waals surface area (Å²) < 4.78 is 10.6. The van der Waals surface area contributed by atoms with Crippen molar-refractivity contribution in [2.45, 2.75) is 26.8 Å². The van der Waals surface area contributed by atoms with Crippen molar-refractivity contribution in [3.05, 3.63) is 23.8 Å². The summed E-state index contributed by atoms with van der Waals surface area (Å²) >= 11 is 0. The lowest BCUT2D eigenvalue weighted by Crippen LogP contribution is -2.46. The van der Waals surface area contributed by atoms with Crippen LogP contribution in [0.1, 0.15) is 19.4 Å². The van der Waals surface area contributed by atoms with Gasteiger partial charge in [0.1, 0.15) is 12.4 Å². The first-order valence-corrected chi connectivity index (χ1v) is 7.90. The molecule has 0 fully saturated rings. The monoisotopic (exact) mass is 373 g/mol. The molecule has 0 aliphatic carbocycles. The minimum Gasteiger partial charge on any atom is -0.489 e. The molecule has 25 heavy (non-hydrogen) atoms. The predicted octanol–water partition coefficient (Wildman–Crippen LogP) is 1.48. The zero-order valence-corrected chi connectivity index (χ0v) is 15.9. The van der Waals surface area contributed by atoms with Crippen LogP contribution in [0.4, 0.5) is 5.69 Å². The Labute approximate surface area is 155 Å². The van der Waals surface area contributed by atoms with E-state index in [0.717, 1.165) is 5.56 Å². The highest BCUT2D eigenvalue weighted by atomic mass is 35.5. The van der Waals surface area contributed by atoms with Crippen LogP contribution in [0.5, 0.6) is 5.75 Å². The molecule has 1 atom stereocenters. The third-order valence-corrected chi connectivity index (χ3v) is 3.40. The summed E-state index contributed by atoms with van der Waals surface area (Å²) in [6.45, 7) is 6.31. The first-order valence-electron chi connectivity index (χ1n) is 7.90. The van der Waals surface area contributed by atoms with Crippen LogP contribution in [-0.4, -0.2) is 44.7 Å². The SMILES string of the molecule is COCCOc1cc(C)ccc1NC(=O)CNC(=O)[C@@H](N)C(C)C.Cl. The van der Waals surface area contributed by atoms with Gasteiger partial charge in [0.15, 0.2) is 0 Å². The Bertz CT molecular complexity index is 567. The summed E-state index contributed by atoms with van der Waals surface area (Å²) in [4.78, 5) is 23.8. The number of rotatable bonds is 9. The van der Waals surface area contributed by atoms with E-state index in [2.05, 4.69) is 10.6 Å². The zero-order chi connectivity index (χ0) is 18.1. The second-order valence-electron chi connectivity index (χ2n) is 5.88. The van der Waals surface area contributed by atoms with E-state index in [9.17, 15) is 9.59 Å². The van der Waals surface area contributed by atoms with Crippen LogP contribution < -0.4 is 21.1 Å². The van der Waals surface area contributed by atoms with E-state index in [1.807, 2.05) is 32.9 Å². The van der Waals surface area contributed by atoms with Gasteiger partial charge in [-0.3, -0.25) is 9.59 Å². The largest absolute Gasteiger partial charge is 0.489 e. The van der Waals surface area contributed by atoms with E-state index in [4.69, 9.17) is 15.2 Å². The number of hydrogen-bond donors (Lipinski definition) is 3. The van der Waals surface area contributed by atoms with Gasteiger partial charge in [-0.05, 0) is 30.5 Å².